The number of carbonyl (C=O) groups excluding carboxylic acids is 2. The van der Waals surface area contributed by atoms with Gasteiger partial charge >= 0.3 is 0 Å². The third-order valence-electron chi connectivity index (χ3n) is 4.95. The van der Waals surface area contributed by atoms with Crippen molar-refractivity contribution in [1.82, 2.24) is 15.3 Å². The fourth-order valence-electron chi connectivity index (χ4n) is 3.27. The van der Waals surface area contributed by atoms with Crippen LogP contribution in [0.15, 0.2) is 67.0 Å². The summed E-state index contributed by atoms with van der Waals surface area (Å²) < 4.78 is 5.30. The van der Waals surface area contributed by atoms with Gasteiger partial charge in [-0.1, -0.05) is 17.7 Å². The van der Waals surface area contributed by atoms with Crippen LogP contribution >= 0.6 is 11.6 Å². The van der Waals surface area contributed by atoms with Gasteiger partial charge in [0.05, 0.1) is 41.1 Å². The molecule has 8 nitrogen and oxygen atoms in total. The summed E-state index contributed by atoms with van der Waals surface area (Å²) in [4.78, 5) is 33.5. The molecule has 166 valence electrons. The fraction of sp³-hybridized carbons (Fsp3) is 0.0833. The van der Waals surface area contributed by atoms with Gasteiger partial charge in [-0.15, -0.1) is 0 Å². The summed E-state index contributed by atoms with van der Waals surface area (Å²) in [7, 11) is 1.57. The first-order chi connectivity index (χ1) is 15.9. The lowest BCUT2D eigenvalue weighted by Crippen LogP contribution is -2.24. The van der Waals surface area contributed by atoms with Crippen molar-refractivity contribution < 1.29 is 14.3 Å². The molecule has 9 heteroatoms. The van der Waals surface area contributed by atoms with Crippen LogP contribution in [0.25, 0.3) is 10.9 Å². The van der Waals surface area contributed by atoms with Crippen molar-refractivity contribution in [1.29, 1.82) is 0 Å². The Morgan fingerprint density at radius 2 is 1.91 bits per heavy atom. The summed E-state index contributed by atoms with van der Waals surface area (Å²) in [5.41, 5.74) is 8.50. The van der Waals surface area contributed by atoms with Crippen LogP contribution in [0.5, 0.6) is 5.75 Å². The average Bonchev–Trinajstić information content (AvgIpc) is 2.83. The summed E-state index contributed by atoms with van der Waals surface area (Å²) in [5, 5.41) is 7.21. The fourth-order valence-corrected chi connectivity index (χ4v) is 3.39. The normalized spacial score (nSPS) is 10.6. The number of carbonyl (C=O) groups is 2. The van der Waals surface area contributed by atoms with E-state index >= 15 is 0 Å². The maximum Gasteiger partial charge on any atom is 0.255 e. The van der Waals surface area contributed by atoms with Gasteiger partial charge in [-0.3, -0.25) is 19.6 Å². The zero-order valence-corrected chi connectivity index (χ0v) is 18.4. The molecule has 0 fully saturated rings. The molecular weight excluding hydrogens is 442 g/mol. The number of primary amides is 1. The van der Waals surface area contributed by atoms with E-state index in [1.54, 1.807) is 43.5 Å². The molecule has 0 unspecified atom stereocenters. The molecule has 2 aromatic carbocycles. The minimum absolute atomic E-state index is 0.202. The number of hydrogen-bond donors (Lipinski definition) is 3. The van der Waals surface area contributed by atoms with E-state index < -0.39 is 5.91 Å². The number of anilines is 2. The van der Waals surface area contributed by atoms with Crippen LogP contribution in [0, 0.1) is 0 Å². The molecular formula is C24H20ClN5O3. The van der Waals surface area contributed by atoms with E-state index in [4.69, 9.17) is 22.1 Å². The summed E-state index contributed by atoms with van der Waals surface area (Å²) in [5.74, 6) is -0.292. The van der Waals surface area contributed by atoms with Crippen LogP contribution in [0.2, 0.25) is 5.02 Å². The minimum atomic E-state index is -0.576. The number of benzene rings is 2. The molecule has 0 bridgehead atoms. The molecule has 2 heterocycles. The summed E-state index contributed by atoms with van der Waals surface area (Å²) in [6, 6.07) is 15.6. The molecule has 33 heavy (non-hydrogen) atoms. The number of pyridine rings is 2. The lowest BCUT2D eigenvalue weighted by molar-refractivity contribution is 0.0950. The predicted octanol–water partition coefficient (Wildman–Crippen LogP) is 4.06. The first-order valence-corrected chi connectivity index (χ1v) is 10.3. The molecule has 0 aliphatic rings. The number of halogens is 1. The molecule has 0 aliphatic carbocycles. The van der Waals surface area contributed by atoms with Crippen LogP contribution in [0.3, 0.4) is 0 Å². The number of nitrogens with two attached hydrogens (primary N) is 1. The van der Waals surface area contributed by atoms with E-state index in [0.717, 1.165) is 0 Å². The SMILES string of the molecule is COc1cccc(Nc2c(C(=O)NCc3ccc(Cl)cn3)cnc3ccc(C(N)=O)cc23)c1. The molecule has 4 rings (SSSR count). The van der Waals surface area contributed by atoms with Crippen molar-refractivity contribution in [2.24, 2.45) is 5.73 Å². The zero-order chi connectivity index (χ0) is 23.4. The quantitative estimate of drug-likeness (QED) is 0.381. The highest BCUT2D eigenvalue weighted by Gasteiger charge is 2.17. The Bertz CT molecular complexity index is 1340. The average molecular weight is 462 g/mol. The Kier molecular flexibility index (Phi) is 6.37. The van der Waals surface area contributed by atoms with Gasteiger partial charge in [0.15, 0.2) is 0 Å². The van der Waals surface area contributed by atoms with Crippen molar-refractivity contribution in [2.75, 3.05) is 12.4 Å². The van der Waals surface area contributed by atoms with E-state index in [-0.39, 0.29) is 12.5 Å². The molecule has 0 saturated heterocycles. The molecule has 0 radical (unpaired) electrons. The number of aromatic nitrogens is 2. The Balaban J connectivity index is 1.75. The van der Waals surface area contributed by atoms with E-state index in [1.807, 2.05) is 18.2 Å². The van der Waals surface area contributed by atoms with Gasteiger partial charge in [0, 0.05) is 35.1 Å². The number of hydrogen-bond acceptors (Lipinski definition) is 6. The molecule has 0 atom stereocenters. The van der Waals surface area contributed by atoms with Crippen molar-refractivity contribution in [2.45, 2.75) is 6.54 Å². The Morgan fingerprint density at radius 1 is 1.06 bits per heavy atom. The topological polar surface area (TPSA) is 119 Å². The van der Waals surface area contributed by atoms with E-state index in [0.29, 0.717) is 49.9 Å². The number of methoxy groups -OCH3 is 1. The number of nitrogens with one attached hydrogen (secondary N) is 2. The van der Waals surface area contributed by atoms with E-state index in [2.05, 4.69) is 20.6 Å². The number of nitrogens with zero attached hydrogens (tertiary/aromatic N) is 2. The molecule has 4 aromatic rings. The number of fused-ring (bicyclic) bond motifs is 1. The number of rotatable bonds is 7. The van der Waals surface area contributed by atoms with Gasteiger partial charge in [0.1, 0.15) is 5.75 Å². The van der Waals surface area contributed by atoms with Crippen molar-refractivity contribution in [3.8, 4) is 5.75 Å². The molecule has 2 aromatic heterocycles. The number of ether oxygens (including phenoxy) is 1. The van der Waals surface area contributed by atoms with Crippen LogP contribution in [-0.2, 0) is 6.54 Å². The van der Waals surface area contributed by atoms with Crippen LogP contribution in [-0.4, -0.2) is 28.9 Å². The molecule has 2 amide bonds. The van der Waals surface area contributed by atoms with Gasteiger partial charge in [0.25, 0.3) is 5.91 Å². The Hall–Kier alpha value is -4.17. The van der Waals surface area contributed by atoms with Crippen molar-refractivity contribution >= 4 is 45.7 Å². The Morgan fingerprint density at radius 3 is 2.64 bits per heavy atom. The standard InChI is InChI=1S/C24H20ClN5O3/c1-33-18-4-2-3-16(10-18)30-22-19-9-14(23(26)31)5-8-21(19)28-13-20(22)24(32)29-12-17-7-6-15(25)11-27-17/h2-11,13H,12H2,1H3,(H2,26,31)(H,28,30)(H,29,32). The molecule has 0 aliphatic heterocycles. The van der Waals surface area contributed by atoms with Gasteiger partial charge in [-0.25, -0.2) is 0 Å². The summed E-state index contributed by atoms with van der Waals surface area (Å²) in [6.45, 7) is 0.202. The second kappa shape index (κ2) is 9.54. The van der Waals surface area contributed by atoms with Crippen LogP contribution in [0.1, 0.15) is 26.4 Å². The monoisotopic (exact) mass is 461 g/mol. The van der Waals surface area contributed by atoms with E-state index in [9.17, 15) is 9.59 Å². The summed E-state index contributed by atoms with van der Waals surface area (Å²) >= 11 is 5.87. The second-order valence-electron chi connectivity index (χ2n) is 7.15. The van der Waals surface area contributed by atoms with Crippen LogP contribution in [0.4, 0.5) is 11.4 Å². The third kappa shape index (κ3) is 5.02. The van der Waals surface area contributed by atoms with Gasteiger partial charge in [-0.05, 0) is 42.5 Å². The maximum atomic E-state index is 13.1. The van der Waals surface area contributed by atoms with E-state index in [1.165, 1.54) is 12.4 Å². The third-order valence-corrected chi connectivity index (χ3v) is 5.18. The van der Waals surface area contributed by atoms with Gasteiger partial charge < -0.3 is 21.1 Å². The maximum absolute atomic E-state index is 13.1. The molecule has 0 spiro atoms. The largest absolute Gasteiger partial charge is 0.497 e. The Labute approximate surface area is 194 Å². The highest BCUT2D eigenvalue weighted by molar-refractivity contribution is 6.30. The smallest absolute Gasteiger partial charge is 0.255 e. The van der Waals surface area contributed by atoms with Gasteiger partial charge in [-0.2, -0.15) is 0 Å². The van der Waals surface area contributed by atoms with Crippen molar-refractivity contribution in [3.63, 3.8) is 0 Å². The molecule has 0 saturated carbocycles. The van der Waals surface area contributed by atoms with Crippen molar-refractivity contribution in [3.05, 3.63) is 88.8 Å². The number of amides is 2. The van der Waals surface area contributed by atoms with Crippen LogP contribution < -0.4 is 21.1 Å². The highest BCUT2D eigenvalue weighted by atomic mass is 35.5. The second-order valence-corrected chi connectivity index (χ2v) is 7.59. The lowest BCUT2D eigenvalue weighted by Gasteiger charge is -2.16. The highest BCUT2D eigenvalue weighted by Crippen LogP contribution is 2.31. The first-order valence-electron chi connectivity index (χ1n) is 9.97. The first kappa shape index (κ1) is 22.0. The predicted molar refractivity (Wildman–Crippen MR) is 127 cm³/mol. The summed E-state index contributed by atoms with van der Waals surface area (Å²) in [6.07, 6.45) is 3.00. The lowest BCUT2D eigenvalue weighted by atomic mass is 10.0. The minimum Gasteiger partial charge on any atom is -0.497 e. The molecule has 4 N–H and O–H groups in total. The van der Waals surface area contributed by atoms with Gasteiger partial charge in [0.2, 0.25) is 5.91 Å². The zero-order valence-electron chi connectivity index (χ0n) is 17.6.